The van der Waals surface area contributed by atoms with Crippen molar-refractivity contribution in [2.24, 2.45) is 0 Å². The summed E-state index contributed by atoms with van der Waals surface area (Å²) < 4.78 is 10.7. The summed E-state index contributed by atoms with van der Waals surface area (Å²) in [5, 5.41) is 18.8. The molecule has 1 aliphatic rings. The third-order valence-corrected chi connectivity index (χ3v) is 6.41. The quantitative estimate of drug-likeness (QED) is 0.441. The molecule has 35 heavy (non-hydrogen) atoms. The number of methoxy groups -OCH3 is 1. The first-order chi connectivity index (χ1) is 17.0. The van der Waals surface area contributed by atoms with E-state index in [2.05, 4.69) is 15.1 Å². The molecular weight excluding hydrogens is 444 g/mol. The minimum absolute atomic E-state index is 0.0984. The van der Waals surface area contributed by atoms with Crippen LogP contribution in [0.4, 0.5) is 11.4 Å². The first-order valence-electron chi connectivity index (χ1n) is 11.6. The van der Waals surface area contributed by atoms with Gasteiger partial charge in [-0.15, -0.1) is 0 Å². The number of hydrogen-bond donors (Lipinski definition) is 2. The molecule has 5 rings (SSSR count). The van der Waals surface area contributed by atoms with Crippen LogP contribution in [0, 0.1) is 0 Å². The number of carbonyl (C=O) groups is 1. The number of anilines is 2. The fourth-order valence-electron chi connectivity index (χ4n) is 4.40. The van der Waals surface area contributed by atoms with Gasteiger partial charge in [-0.3, -0.25) is 9.89 Å². The summed E-state index contributed by atoms with van der Waals surface area (Å²) in [6.07, 6.45) is 0.588. The van der Waals surface area contributed by atoms with Gasteiger partial charge in [0.2, 0.25) is 0 Å². The van der Waals surface area contributed by atoms with Crippen LogP contribution in [0.15, 0.2) is 60.7 Å². The number of aromatic hydroxyl groups is 1. The third kappa shape index (κ3) is 4.65. The molecular formula is C27H28N4O4. The van der Waals surface area contributed by atoms with E-state index in [0.29, 0.717) is 11.9 Å². The average Bonchev–Trinajstić information content (AvgIpc) is 3.29. The van der Waals surface area contributed by atoms with Crippen molar-refractivity contribution in [1.82, 2.24) is 10.2 Å². The number of H-pyrrole nitrogens is 1. The van der Waals surface area contributed by atoms with E-state index in [-0.39, 0.29) is 17.2 Å². The van der Waals surface area contributed by atoms with Gasteiger partial charge in [0.1, 0.15) is 11.5 Å². The van der Waals surface area contributed by atoms with Gasteiger partial charge in [-0.25, -0.2) is 0 Å². The Balaban J connectivity index is 1.39. The SMILES string of the molecule is COc1cccc(Cc2[nH]nc3cc(O)c(C(=O)N(C)c4ccc(N5CCOCC5)cc4)cc23)c1. The topological polar surface area (TPSA) is 90.9 Å². The molecule has 1 aromatic heterocycles. The van der Waals surface area contributed by atoms with Gasteiger partial charge >= 0.3 is 0 Å². The van der Waals surface area contributed by atoms with Crippen LogP contribution in [-0.4, -0.2) is 61.7 Å². The molecule has 3 aromatic carbocycles. The summed E-state index contributed by atoms with van der Waals surface area (Å²) >= 11 is 0. The number of amides is 1. The Hall–Kier alpha value is -4.04. The highest BCUT2D eigenvalue weighted by molar-refractivity contribution is 6.09. The van der Waals surface area contributed by atoms with Gasteiger partial charge in [-0.05, 0) is 48.0 Å². The molecule has 0 atom stereocenters. The molecule has 180 valence electrons. The molecule has 0 saturated carbocycles. The van der Waals surface area contributed by atoms with Gasteiger partial charge in [-0.1, -0.05) is 12.1 Å². The Morgan fingerprint density at radius 3 is 2.66 bits per heavy atom. The van der Waals surface area contributed by atoms with Crippen LogP contribution in [0.5, 0.6) is 11.5 Å². The molecule has 1 amide bonds. The van der Waals surface area contributed by atoms with E-state index >= 15 is 0 Å². The number of hydrogen-bond acceptors (Lipinski definition) is 6. The summed E-state index contributed by atoms with van der Waals surface area (Å²) in [5.74, 6) is 0.386. The largest absolute Gasteiger partial charge is 0.507 e. The van der Waals surface area contributed by atoms with Crippen molar-refractivity contribution in [1.29, 1.82) is 0 Å². The fourth-order valence-corrected chi connectivity index (χ4v) is 4.40. The second-order valence-electron chi connectivity index (χ2n) is 8.60. The van der Waals surface area contributed by atoms with Crippen molar-refractivity contribution in [2.75, 3.05) is 50.3 Å². The van der Waals surface area contributed by atoms with E-state index in [9.17, 15) is 9.90 Å². The summed E-state index contributed by atoms with van der Waals surface area (Å²) in [6.45, 7) is 3.14. The fraction of sp³-hybridized carbons (Fsp3) is 0.259. The Kier molecular flexibility index (Phi) is 6.29. The van der Waals surface area contributed by atoms with E-state index < -0.39 is 0 Å². The molecule has 4 aromatic rings. The number of nitrogens with one attached hydrogen (secondary N) is 1. The number of phenolic OH excluding ortho intramolecular Hbond substituents is 1. The first kappa shape index (κ1) is 22.7. The molecule has 1 saturated heterocycles. The first-order valence-corrected chi connectivity index (χ1v) is 11.6. The number of nitrogens with zero attached hydrogens (tertiary/aromatic N) is 3. The normalized spacial score (nSPS) is 13.7. The lowest BCUT2D eigenvalue weighted by molar-refractivity contribution is 0.0990. The highest BCUT2D eigenvalue weighted by atomic mass is 16.5. The van der Waals surface area contributed by atoms with Crippen LogP contribution in [0.3, 0.4) is 0 Å². The van der Waals surface area contributed by atoms with Crippen LogP contribution in [0.1, 0.15) is 21.6 Å². The van der Waals surface area contributed by atoms with Gasteiger partial charge in [0.15, 0.2) is 0 Å². The Bertz CT molecular complexity index is 1340. The third-order valence-electron chi connectivity index (χ3n) is 6.41. The Labute approximate surface area is 203 Å². The number of aromatic nitrogens is 2. The number of fused-ring (bicyclic) bond motifs is 1. The minimum Gasteiger partial charge on any atom is -0.507 e. The predicted octanol–water partition coefficient (Wildman–Crippen LogP) is 3.98. The monoisotopic (exact) mass is 472 g/mol. The van der Waals surface area contributed by atoms with Gasteiger partial charge in [0, 0.05) is 55.1 Å². The lowest BCUT2D eigenvalue weighted by Crippen LogP contribution is -2.36. The number of ether oxygens (including phenoxy) is 2. The zero-order valence-corrected chi connectivity index (χ0v) is 19.8. The van der Waals surface area contributed by atoms with Crippen molar-refractivity contribution >= 4 is 28.2 Å². The number of carbonyl (C=O) groups excluding carboxylic acids is 1. The zero-order chi connectivity index (χ0) is 24.4. The summed E-state index contributed by atoms with van der Waals surface area (Å²) in [5.41, 5.74) is 4.59. The zero-order valence-electron chi connectivity index (χ0n) is 19.8. The van der Waals surface area contributed by atoms with Crippen molar-refractivity contribution in [3.8, 4) is 11.5 Å². The van der Waals surface area contributed by atoms with E-state index in [1.165, 1.54) is 6.07 Å². The number of benzene rings is 3. The predicted molar refractivity (Wildman–Crippen MR) is 136 cm³/mol. The lowest BCUT2D eigenvalue weighted by Gasteiger charge is -2.29. The maximum absolute atomic E-state index is 13.4. The standard InChI is InChI=1S/C27H28N4O4/c1-30(19-6-8-20(9-7-19)31-10-12-35-13-11-31)27(33)23-16-22-24(28-29-25(22)17-26(23)32)15-18-4-3-5-21(14-18)34-2/h3-9,14,16-17,32H,10-13,15H2,1-2H3,(H,28,29). The smallest absolute Gasteiger partial charge is 0.261 e. The molecule has 0 spiro atoms. The lowest BCUT2D eigenvalue weighted by atomic mass is 10.0. The number of phenols is 1. The minimum atomic E-state index is -0.294. The molecule has 8 heteroatoms. The van der Waals surface area contributed by atoms with Crippen molar-refractivity contribution in [3.63, 3.8) is 0 Å². The molecule has 0 radical (unpaired) electrons. The molecule has 1 fully saturated rings. The molecule has 1 aliphatic heterocycles. The van der Waals surface area contributed by atoms with Crippen molar-refractivity contribution < 1.29 is 19.4 Å². The van der Waals surface area contributed by atoms with E-state index in [4.69, 9.17) is 9.47 Å². The molecule has 2 heterocycles. The van der Waals surface area contributed by atoms with Gasteiger partial charge in [0.05, 0.1) is 31.4 Å². The van der Waals surface area contributed by atoms with Crippen LogP contribution < -0.4 is 14.5 Å². The highest BCUT2D eigenvalue weighted by Crippen LogP contribution is 2.30. The van der Waals surface area contributed by atoms with E-state index in [1.54, 1.807) is 25.1 Å². The van der Waals surface area contributed by atoms with E-state index in [0.717, 1.165) is 60.1 Å². The number of rotatable bonds is 6. The maximum atomic E-state index is 13.4. The van der Waals surface area contributed by atoms with Crippen molar-refractivity contribution in [2.45, 2.75) is 6.42 Å². The number of morpholine rings is 1. The molecule has 2 N–H and O–H groups in total. The summed E-state index contributed by atoms with van der Waals surface area (Å²) in [7, 11) is 3.35. The molecule has 0 bridgehead atoms. The second kappa shape index (κ2) is 9.68. The summed E-state index contributed by atoms with van der Waals surface area (Å²) in [6, 6.07) is 18.9. The number of aromatic amines is 1. The Morgan fingerprint density at radius 2 is 1.91 bits per heavy atom. The average molecular weight is 473 g/mol. The Morgan fingerprint density at radius 1 is 1.14 bits per heavy atom. The van der Waals surface area contributed by atoms with E-state index in [1.807, 2.05) is 48.5 Å². The van der Waals surface area contributed by atoms with Crippen molar-refractivity contribution in [3.05, 3.63) is 77.5 Å². The molecule has 0 aliphatic carbocycles. The van der Waals surface area contributed by atoms with Crippen LogP contribution >= 0.6 is 0 Å². The van der Waals surface area contributed by atoms with Gasteiger partial charge < -0.3 is 24.4 Å². The van der Waals surface area contributed by atoms with Crippen LogP contribution in [-0.2, 0) is 11.2 Å². The second-order valence-corrected chi connectivity index (χ2v) is 8.60. The van der Waals surface area contributed by atoms with Crippen LogP contribution in [0.2, 0.25) is 0 Å². The molecule has 0 unspecified atom stereocenters. The summed E-state index contributed by atoms with van der Waals surface area (Å²) in [4.78, 5) is 17.2. The molecule has 8 nitrogen and oxygen atoms in total. The van der Waals surface area contributed by atoms with Gasteiger partial charge in [-0.2, -0.15) is 5.10 Å². The highest BCUT2D eigenvalue weighted by Gasteiger charge is 2.21. The maximum Gasteiger partial charge on any atom is 0.261 e. The van der Waals surface area contributed by atoms with Gasteiger partial charge in [0.25, 0.3) is 5.91 Å². The van der Waals surface area contributed by atoms with Crippen LogP contribution in [0.25, 0.3) is 10.9 Å².